The predicted molar refractivity (Wildman–Crippen MR) is 92.0 cm³/mol. The van der Waals surface area contributed by atoms with Gasteiger partial charge in [-0.1, -0.05) is 104 Å². The number of rotatable bonds is 15. The molecule has 0 aliphatic rings. The largest absolute Gasteiger partial charge is 0.254 e. The number of nitrogens with one attached hydrogen (secondary N) is 1. The van der Waals surface area contributed by atoms with Gasteiger partial charge in [-0.2, -0.15) is 0 Å². The van der Waals surface area contributed by atoms with Crippen LogP contribution in [0.3, 0.4) is 0 Å². The molecule has 1 heteroatoms. The highest BCUT2D eigenvalue weighted by Crippen LogP contribution is 2.14. The van der Waals surface area contributed by atoms with Crippen molar-refractivity contribution < 1.29 is 0 Å². The Morgan fingerprint density at radius 3 is 1.30 bits per heavy atom. The first kappa shape index (κ1) is 20.0. The van der Waals surface area contributed by atoms with Crippen LogP contribution in [0.1, 0.15) is 111 Å². The van der Waals surface area contributed by atoms with Crippen molar-refractivity contribution in [3.8, 4) is 0 Å². The maximum Gasteiger partial charge on any atom is 0.0236 e. The van der Waals surface area contributed by atoms with Gasteiger partial charge >= 0.3 is 0 Å². The first-order valence-corrected chi connectivity index (χ1v) is 9.39. The third kappa shape index (κ3) is 14.4. The molecule has 0 fully saturated rings. The molecule has 1 unspecified atom stereocenters. The van der Waals surface area contributed by atoms with Gasteiger partial charge in [0.1, 0.15) is 0 Å². The van der Waals surface area contributed by atoms with E-state index in [-0.39, 0.29) is 6.04 Å². The van der Waals surface area contributed by atoms with Crippen molar-refractivity contribution in [1.82, 2.24) is 5.73 Å². The van der Waals surface area contributed by atoms with E-state index in [0.717, 1.165) is 6.42 Å². The van der Waals surface area contributed by atoms with Gasteiger partial charge in [-0.15, -0.1) is 0 Å². The summed E-state index contributed by atoms with van der Waals surface area (Å²) < 4.78 is 0. The first-order valence-electron chi connectivity index (χ1n) is 9.39. The number of hydrogen-bond donors (Lipinski definition) is 0. The topological polar surface area (TPSA) is 23.8 Å². The third-order valence-electron chi connectivity index (χ3n) is 4.42. The minimum atomic E-state index is 0.169. The Bertz CT molecular complexity index is 177. The molecule has 0 aliphatic heterocycles. The number of unbranched alkanes of at least 4 members (excludes halogenated alkanes) is 12. The molecule has 0 rings (SSSR count). The predicted octanol–water partition coefficient (Wildman–Crippen LogP) is 6.78. The molecule has 0 spiro atoms. The summed E-state index contributed by atoms with van der Waals surface area (Å²) in [4.78, 5) is 0. The molecule has 0 saturated carbocycles. The second-order valence-corrected chi connectivity index (χ2v) is 6.88. The van der Waals surface area contributed by atoms with Crippen molar-refractivity contribution in [2.45, 2.75) is 117 Å². The van der Waals surface area contributed by atoms with E-state index in [1.807, 2.05) is 0 Å². The van der Waals surface area contributed by atoms with Gasteiger partial charge in [0.15, 0.2) is 0 Å². The van der Waals surface area contributed by atoms with Gasteiger partial charge in [-0.3, -0.25) is 5.73 Å². The van der Waals surface area contributed by atoms with Crippen LogP contribution in [-0.4, -0.2) is 6.04 Å². The maximum absolute atomic E-state index is 7.88. The lowest BCUT2D eigenvalue weighted by atomic mass is 9.98. The molecule has 1 N–H and O–H groups in total. The van der Waals surface area contributed by atoms with Crippen LogP contribution < -0.4 is 5.73 Å². The van der Waals surface area contributed by atoms with Crippen LogP contribution >= 0.6 is 0 Å². The highest BCUT2D eigenvalue weighted by Gasteiger charge is 2.06. The minimum Gasteiger partial charge on any atom is -0.254 e. The van der Waals surface area contributed by atoms with Gasteiger partial charge in [0.25, 0.3) is 0 Å². The molecule has 121 valence electrons. The lowest BCUT2D eigenvalue weighted by molar-refractivity contribution is 0.428. The normalized spacial score (nSPS) is 13.1. The van der Waals surface area contributed by atoms with Gasteiger partial charge in [0, 0.05) is 6.04 Å². The fraction of sp³-hybridized carbons (Fsp3) is 1.00. The molecule has 0 bridgehead atoms. The molecule has 0 amide bonds. The van der Waals surface area contributed by atoms with Crippen LogP contribution in [0.4, 0.5) is 0 Å². The molecular weight excluding hydrogens is 242 g/mol. The fourth-order valence-electron chi connectivity index (χ4n) is 2.72. The van der Waals surface area contributed by atoms with Crippen LogP contribution in [0.15, 0.2) is 0 Å². The second-order valence-electron chi connectivity index (χ2n) is 6.88. The van der Waals surface area contributed by atoms with Crippen molar-refractivity contribution >= 4 is 0 Å². The van der Waals surface area contributed by atoms with E-state index in [2.05, 4.69) is 20.8 Å². The van der Waals surface area contributed by atoms with Crippen LogP contribution in [-0.2, 0) is 0 Å². The van der Waals surface area contributed by atoms with Gasteiger partial charge in [0.05, 0.1) is 0 Å². The molecule has 1 nitrogen and oxygen atoms in total. The zero-order valence-corrected chi connectivity index (χ0v) is 14.6. The molecule has 0 aromatic heterocycles. The van der Waals surface area contributed by atoms with E-state index in [4.69, 9.17) is 5.73 Å². The Morgan fingerprint density at radius 1 is 0.600 bits per heavy atom. The summed E-state index contributed by atoms with van der Waals surface area (Å²) in [6.45, 7) is 6.62. The zero-order chi connectivity index (χ0) is 15.1. The summed E-state index contributed by atoms with van der Waals surface area (Å²) in [5.74, 6) is 0.535. The molecule has 0 heterocycles. The van der Waals surface area contributed by atoms with Gasteiger partial charge in [-0.25, -0.2) is 0 Å². The first-order chi connectivity index (χ1) is 9.68. The Morgan fingerprint density at radius 2 is 0.950 bits per heavy atom. The van der Waals surface area contributed by atoms with Crippen LogP contribution in [0.5, 0.6) is 0 Å². The lowest BCUT2D eigenvalue weighted by Gasteiger charge is -2.13. The SMILES string of the molecule is CCCCCCCCCCCCCCCC([NH])C(C)C. The molecular formula is C19H40N. The van der Waals surface area contributed by atoms with Crippen molar-refractivity contribution in [2.24, 2.45) is 5.92 Å². The second kappa shape index (κ2) is 15.4. The summed E-state index contributed by atoms with van der Waals surface area (Å²) >= 11 is 0. The highest BCUT2D eigenvalue weighted by atomic mass is 14.6. The van der Waals surface area contributed by atoms with E-state index in [1.54, 1.807) is 0 Å². The van der Waals surface area contributed by atoms with E-state index >= 15 is 0 Å². The summed E-state index contributed by atoms with van der Waals surface area (Å²) in [5.41, 5.74) is 7.88. The monoisotopic (exact) mass is 282 g/mol. The standard InChI is InChI=1S/C19H40N/c1-4-5-6-7-8-9-10-11-12-13-14-15-16-17-19(20)18(2)3/h18-20H,4-17H2,1-3H3. The summed E-state index contributed by atoms with van der Waals surface area (Å²) in [6.07, 6.45) is 19.5. The van der Waals surface area contributed by atoms with Gasteiger partial charge in [-0.05, 0) is 12.3 Å². The highest BCUT2D eigenvalue weighted by molar-refractivity contribution is 4.64. The van der Waals surface area contributed by atoms with Crippen LogP contribution in [0, 0.1) is 5.92 Å². The lowest BCUT2D eigenvalue weighted by Crippen LogP contribution is -2.16. The summed E-state index contributed by atoms with van der Waals surface area (Å²) in [7, 11) is 0. The van der Waals surface area contributed by atoms with Gasteiger partial charge < -0.3 is 0 Å². The Balaban J connectivity index is 3.03. The average molecular weight is 283 g/mol. The zero-order valence-electron chi connectivity index (χ0n) is 14.6. The molecule has 20 heavy (non-hydrogen) atoms. The quantitative estimate of drug-likeness (QED) is 0.296. The van der Waals surface area contributed by atoms with Crippen molar-refractivity contribution in [2.75, 3.05) is 0 Å². The fourth-order valence-corrected chi connectivity index (χ4v) is 2.72. The molecule has 0 aromatic carbocycles. The van der Waals surface area contributed by atoms with Crippen molar-refractivity contribution in [1.29, 1.82) is 0 Å². The molecule has 0 saturated heterocycles. The third-order valence-corrected chi connectivity index (χ3v) is 4.42. The molecule has 0 aromatic rings. The van der Waals surface area contributed by atoms with Crippen LogP contribution in [0.25, 0.3) is 0 Å². The smallest absolute Gasteiger partial charge is 0.0236 e. The Labute approximate surface area is 129 Å². The average Bonchev–Trinajstić information content (AvgIpc) is 2.43. The Kier molecular flexibility index (Phi) is 15.3. The Hall–Kier alpha value is -0.0400. The van der Waals surface area contributed by atoms with E-state index in [0.29, 0.717) is 5.92 Å². The summed E-state index contributed by atoms with van der Waals surface area (Å²) in [5, 5.41) is 0. The van der Waals surface area contributed by atoms with E-state index in [1.165, 1.54) is 83.5 Å². The van der Waals surface area contributed by atoms with Crippen molar-refractivity contribution in [3.63, 3.8) is 0 Å². The molecule has 1 atom stereocenters. The molecule has 0 aliphatic carbocycles. The minimum absolute atomic E-state index is 0.169. The maximum atomic E-state index is 7.88. The van der Waals surface area contributed by atoms with Gasteiger partial charge in [0.2, 0.25) is 0 Å². The van der Waals surface area contributed by atoms with E-state index in [9.17, 15) is 0 Å². The number of hydrogen-bond acceptors (Lipinski definition) is 0. The molecule has 1 radical (unpaired) electrons. The van der Waals surface area contributed by atoms with Crippen LogP contribution in [0.2, 0.25) is 0 Å². The van der Waals surface area contributed by atoms with E-state index < -0.39 is 0 Å². The van der Waals surface area contributed by atoms with Crippen molar-refractivity contribution in [3.05, 3.63) is 0 Å². The summed E-state index contributed by atoms with van der Waals surface area (Å²) in [6, 6.07) is 0.169.